The van der Waals surface area contributed by atoms with Crippen LogP contribution >= 0.6 is 0 Å². The largest absolute Gasteiger partial charge is 0.456 e. The number of hydrogen-bond donors (Lipinski definition) is 2. The summed E-state index contributed by atoms with van der Waals surface area (Å²) in [6.45, 7) is 0. The molecule has 1 aromatic heterocycles. The van der Waals surface area contributed by atoms with Gasteiger partial charge in [-0.3, -0.25) is 5.32 Å². The lowest BCUT2D eigenvalue weighted by molar-refractivity contribution is 0.409. The monoisotopic (exact) mass is 772 g/mol. The van der Waals surface area contributed by atoms with Gasteiger partial charge in [-0.15, -0.1) is 0 Å². The second kappa shape index (κ2) is 15.2. The Labute approximate surface area is 348 Å². The van der Waals surface area contributed by atoms with Gasteiger partial charge < -0.3 is 14.6 Å². The lowest BCUT2D eigenvalue weighted by Crippen LogP contribution is -2.44. The van der Waals surface area contributed by atoms with Gasteiger partial charge in [-0.2, -0.15) is 0 Å². The minimum atomic E-state index is -0.207. The van der Waals surface area contributed by atoms with Crippen molar-refractivity contribution in [2.45, 2.75) is 12.3 Å². The molecule has 5 heteroatoms. The molecule has 0 bridgehead atoms. The first-order chi connectivity index (χ1) is 29.7. The quantitative estimate of drug-likeness (QED) is 0.161. The van der Waals surface area contributed by atoms with Crippen molar-refractivity contribution in [1.29, 1.82) is 0 Å². The Morgan fingerprint density at radius 1 is 0.433 bits per heavy atom. The molecule has 2 atom stereocenters. The van der Waals surface area contributed by atoms with Crippen LogP contribution in [0.4, 0.5) is 17.1 Å². The standard InChI is InChI=1S/C55H40N4O/c1-5-15-37(16-6-1)38-29-31-46(32-30-38)59(45-23-11-4-12-24-45)47-35-48(52-49-33-43-21-13-14-22-44(43)34-50(49)60-51(52)36-47)39-25-27-42(28-26-39)55-57-53(40-17-7-2-8-18-40)56-54(58-55)41-19-9-3-10-20-41/h1-36,53,55,57H,(H,56,58). The van der Waals surface area contributed by atoms with Crippen LogP contribution in [0.25, 0.3) is 55.0 Å². The zero-order valence-electron chi connectivity index (χ0n) is 32.7. The first-order valence-corrected chi connectivity index (χ1v) is 20.4. The van der Waals surface area contributed by atoms with Crippen molar-refractivity contribution in [1.82, 2.24) is 10.6 Å². The van der Waals surface area contributed by atoms with Crippen LogP contribution in [-0.4, -0.2) is 5.84 Å². The van der Waals surface area contributed by atoms with Crippen LogP contribution in [0.15, 0.2) is 228 Å². The molecule has 2 unspecified atom stereocenters. The Morgan fingerprint density at radius 3 is 1.70 bits per heavy atom. The van der Waals surface area contributed by atoms with Gasteiger partial charge in [0, 0.05) is 33.8 Å². The first kappa shape index (κ1) is 35.4. The van der Waals surface area contributed by atoms with E-state index in [-0.39, 0.29) is 12.3 Å². The summed E-state index contributed by atoms with van der Waals surface area (Å²) in [4.78, 5) is 7.44. The average molecular weight is 773 g/mol. The predicted molar refractivity (Wildman–Crippen MR) is 248 cm³/mol. The molecule has 2 heterocycles. The van der Waals surface area contributed by atoms with E-state index in [1.54, 1.807) is 0 Å². The Morgan fingerprint density at radius 2 is 1.00 bits per heavy atom. The Balaban J connectivity index is 1.04. The molecular formula is C55H40N4O. The smallest absolute Gasteiger partial charge is 0.138 e. The number of aliphatic imine (C=N–C) groups is 1. The zero-order chi connectivity index (χ0) is 39.8. The van der Waals surface area contributed by atoms with Crippen molar-refractivity contribution in [3.63, 3.8) is 0 Å². The van der Waals surface area contributed by atoms with E-state index in [0.717, 1.165) is 78.0 Å². The van der Waals surface area contributed by atoms with E-state index in [1.165, 1.54) is 16.5 Å². The number of para-hydroxylation sites is 1. The van der Waals surface area contributed by atoms with E-state index in [9.17, 15) is 0 Å². The van der Waals surface area contributed by atoms with Crippen molar-refractivity contribution in [2.24, 2.45) is 4.99 Å². The van der Waals surface area contributed by atoms with Gasteiger partial charge in [-0.05, 0) is 86.6 Å². The van der Waals surface area contributed by atoms with Gasteiger partial charge in [-0.1, -0.05) is 170 Å². The summed E-state index contributed by atoms with van der Waals surface area (Å²) in [7, 11) is 0. The minimum Gasteiger partial charge on any atom is -0.456 e. The highest BCUT2D eigenvalue weighted by atomic mass is 16.3. The summed E-state index contributed by atoms with van der Waals surface area (Å²) in [6.07, 6.45) is -0.377. The van der Waals surface area contributed by atoms with Crippen LogP contribution in [0.2, 0.25) is 0 Å². The van der Waals surface area contributed by atoms with E-state index in [2.05, 4.69) is 222 Å². The lowest BCUT2D eigenvalue weighted by atomic mass is 9.95. The Bertz CT molecular complexity index is 3130. The second-order valence-corrected chi connectivity index (χ2v) is 15.3. The molecule has 0 saturated carbocycles. The van der Waals surface area contributed by atoms with Crippen molar-refractivity contribution in [2.75, 3.05) is 4.90 Å². The van der Waals surface area contributed by atoms with Crippen LogP contribution in [0.1, 0.15) is 29.0 Å². The lowest BCUT2D eigenvalue weighted by Gasteiger charge is -2.32. The van der Waals surface area contributed by atoms with Crippen LogP contribution < -0.4 is 15.5 Å². The van der Waals surface area contributed by atoms with Crippen molar-refractivity contribution < 1.29 is 4.42 Å². The van der Waals surface area contributed by atoms with Gasteiger partial charge >= 0.3 is 0 Å². The number of fused-ring (bicyclic) bond motifs is 4. The highest BCUT2D eigenvalue weighted by Gasteiger charge is 2.26. The van der Waals surface area contributed by atoms with Gasteiger partial charge in [0.25, 0.3) is 0 Å². The third kappa shape index (κ3) is 6.67. The normalized spacial score (nSPS) is 15.2. The van der Waals surface area contributed by atoms with E-state index < -0.39 is 0 Å². The predicted octanol–water partition coefficient (Wildman–Crippen LogP) is 13.9. The molecule has 11 rings (SSSR count). The zero-order valence-corrected chi connectivity index (χ0v) is 32.7. The van der Waals surface area contributed by atoms with Gasteiger partial charge in [0.15, 0.2) is 0 Å². The maximum absolute atomic E-state index is 6.83. The van der Waals surface area contributed by atoms with Gasteiger partial charge in [-0.25, -0.2) is 4.99 Å². The van der Waals surface area contributed by atoms with E-state index in [1.807, 2.05) is 12.1 Å². The fraction of sp³-hybridized carbons (Fsp3) is 0.0364. The molecule has 0 radical (unpaired) electrons. The number of furan rings is 1. The summed E-state index contributed by atoms with van der Waals surface area (Å²) < 4.78 is 6.83. The second-order valence-electron chi connectivity index (χ2n) is 15.3. The number of rotatable bonds is 8. The third-order valence-corrected chi connectivity index (χ3v) is 11.5. The van der Waals surface area contributed by atoms with Crippen molar-refractivity contribution in [3.8, 4) is 22.3 Å². The highest BCUT2D eigenvalue weighted by molar-refractivity contribution is 6.16. The molecule has 2 N–H and O–H groups in total. The molecular weight excluding hydrogens is 733 g/mol. The Kier molecular flexibility index (Phi) is 8.99. The number of anilines is 3. The fourth-order valence-corrected chi connectivity index (χ4v) is 8.53. The molecule has 0 aliphatic carbocycles. The van der Waals surface area contributed by atoms with Gasteiger partial charge in [0.1, 0.15) is 29.3 Å². The summed E-state index contributed by atoms with van der Waals surface area (Å²) >= 11 is 0. The number of nitrogens with one attached hydrogen (secondary N) is 2. The van der Waals surface area contributed by atoms with Crippen LogP contribution in [-0.2, 0) is 0 Å². The highest BCUT2D eigenvalue weighted by Crippen LogP contribution is 2.45. The van der Waals surface area contributed by atoms with Crippen LogP contribution in [0.3, 0.4) is 0 Å². The fourth-order valence-electron chi connectivity index (χ4n) is 8.53. The maximum Gasteiger partial charge on any atom is 0.138 e. The first-order valence-electron chi connectivity index (χ1n) is 20.4. The summed E-state index contributed by atoms with van der Waals surface area (Å²) in [5, 5.41) is 12.0. The molecule has 0 spiro atoms. The molecule has 60 heavy (non-hydrogen) atoms. The van der Waals surface area contributed by atoms with Crippen molar-refractivity contribution >= 4 is 55.6 Å². The summed E-state index contributed by atoms with van der Waals surface area (Å²) in [5.74, 6) is 0.863. The molecule has 286 valence electrons. The summed E-state index contributed by atoms with van der Waals surface area (Å²) in [6, 6.07) is 77.1. The third-order valence-electron chi connectivity index (χ3n) is 11.5. The van der Waals surface area contributed by atoms with Gasteiger partial charge in [0.2, 0.25) is 0 Å². The van der Waals surface area contributed by atoms with Crippen LogP contribution in [0.5, 0.6) is 0 Å². The number of nitrogens with zero attached hydrogens (tertiary/aromatic N) is 2. The van der Waals surface area contributed by atoms with Gasteiger partial charge in [0.05, 0.1) is 5.69 Å². The number of hydrogen-bond acceptors (Lipinski definition) is 5. The van der Waals surface area contributed by atoms with Crippen LogP contribution in [0, 0.1) is 0 Å². The molecule has 9 aromatic carbocycles. The van der Waals surface area contributed by atoms with E-state index >= 15 is 0 Å². The van der Waals surface area contributed by atoms with E-state index in [0.29, 0.717) is 0 Å². The average Bonchev–Trinajstić information content (AvgIpc) is 3.69. The maximum atomic E-state index is 6.83. The SMILES string of the molecule is c1ccc(C2=NC(c3ccccc3)NC(c3ccc(-c4cc(N(c5ccccc5)c5ccc(-c6ccccc6)cc5)cc5oc6cc7ccccc7cc6c45)cc3)N2)cc1. The molecule has 5 nitrogen and oxygen atoms in total. The summed E-state index contributed by atoms with van der Waals surface area (Å²) in [5.41, 5.74) is 12.7. The van der Waals surface area contributed by atoms with Crippen molar-refractivity contribution in [3.05, 3.63) is 235 Å². The number of benzene rings is 9. The molecule has 0 amide bonds. The molecule has 10 aromatic rings. The molecule has 1 aliphatic rings. The minimum absolute atomic E-state index is 0.170. The van der Waals surface area contributed by atoms with E-state index in [4.69, 9.17) is 9.41 Å². The molecule has 0 saturated heterocycles. The number of amidine groups is 1. The Hall–Kier alpha value is -7.73. The topological polar surface area (TPSA) is 52.8 Å². The molecule has 1 aliphatic heterocycles. The molecule has 0 fully saturated rings.